The lowest BCUT2D eigenvalue weighted by Crippen LogP contribution is -2.31. The average molecular weight is 475 g/mol. The van der Waals surface area contributed by atoms with Gasteiger partial charge in [-0.05, 0) is 74.4 Å². The van der Waals surface area contributed by atoms with Crippen LogP contribution < -0.4 is 14.5 Å². The highest BCUT2D eigenvalue weighted by atomic mass is 16.5. The van der Waals surface area contributed by atoms with E-state index >= 15 is 0 Å². The number of hydrogen-bond donors (Lipinski definition) is 0. The van der Waals surface area contributed by atoms with E-state index in [1.165, 1.54) is 4.90 Å². The van der Waals surface area contributed by atoms with Gasteiger partial charge >= 0.3 is 5.97 Å². The van der Waals surface area contributed by atoms with E-state index in [0.29, 0.717) is 11.6 Å². The first-order valence-corrected chi connectivity index (χ1v) is 12.3. The second-order valence-corrected chi connectivity index (χ2v) is 10.2. The van der Waals surface area contributed by atoms with Gasteiger partial charge < -0.3 is 9.64 Å². The number of fused-ring (bicyclic) bond motifs is 1. The smallest absolute Gasteiger partial charge is 0.316 e. The van der Waals surface area contributed by atoms with Gasteiger partial charge in [-0.15, -0.1) is 0 Å². The fourth-order valence-corrected chi connectivity index (χ4v) is 5.54. The Kier molecular flexibility index (Phi) is 5.95. The number of rotatable bonds is 4. The number of carbonyl (C=O) groups excluding carboxylic acids is 4. The highest BCUT2D eigenvalue weighted by Gasteiger charge is 2.50. The zero-order valence-electron chi connectivity index (χ0n) is 20.3. The van der Waals surface area contributed by atoms with Crippen LogP contribution in [-0.4, -0.2) is 30.2 Å². The molecule has 3 fully saturated rings. The highest BCUT2D eigenvalue weighted by molar-refractivity contribution is 6.22. The molecule has 7 heteroatoms. The van der Waals surface area contributed by atoms with E-state index in [1.807, 2.05) is 32.0 Å². The summed E-state index contributed by atoms with van der Waals surface area (Å²) in [6.45, 7) is 6.37. The Bertz CT molecular complexity index is 1220. The standard InChI is InChI=1S/C28H30N2O5/c1-16-7-10-23-24(11-16)27(33)30(26(23)32)21-5-4-6-22(14-21)35-28(34)19-13-25(31)29(15-19)20-9-8-17(2)18(3)12-20/h4-6,8-9,12,14,16,19,23-24H,7,10-11,13,15H2,1-3H3/t16-,19+,23+,24-/m0/s1. The highest BCUT2D eigenvalue weighted by Crippen LogP contribution is 2.42. The molecular weight excluding hydrogens is 444 g/mol. The normalized spacial score (nSPS) is 26.3. The number of benzene rings is 2. The van der Waals surface area contributed by atoms with Crippen molar-refractivity contribution >= 4 is 35.1 Å². The minimum absolute atomic E-state index is 0.0795. The summed E-state index contributed by atoms with van der Waals surface area (Å²) in [4.78, 5) is 54.5. The van der Waals surface area contributed by atoms with Crippen molar-refractivity contribution in [3.63, 3.8) is 0 Å². The van der Waals surface area contributed by atoms with Crippen LogP contribution >= 0.6 is 0 Å². The van der Waals surface area contributed by atoms with E-state index in [9.17, 15) is 19.2 Å². The summed E-state index contributed by atoms with van der Waals surface area (Å²) in [5.74, 6) is -1.37. The molecule has 0 spiro atoms. The second kappa shape index (κ2) is 8.95. The van der Waals surface area contributed by atoms with Gasteiger partial charge in [0.05, 0.1) is 23.4 Å². The van der Waals surface area contributed by atoms with Crippen LogP contribution in [0.4, 0.5) is 11.4 Å². The molecule has 0 N–H and O–H groups in total. The maximum Gasteiger partial charge on any atom is 0.316 e. The molecule has 35 heavy (non-hydrogen) atoms. The summed E-state index contributed by atoms with van der Waals surface area (Å²) in [5, 5.41) is 0. The number of ether oxygens (including phenoxy) is 1. The maximum atomic E-state index is 13.0. The quantitative estimate of drug-likeness (QED) is 0.377. The third-order valence-electron chi connectivity index (χ3n) is 7.74. The summed E-state index contributed by atoms with van der Waals surface area (Å²) >= 11 is 0. The van der Waals surface area contributed by atoms with E-state index in [-0.39, 0.29) is 48.3 Å². The van der Waals surface area contributed by atoms with Gasteiger partial charge in [0.2, 0.25) is 17.7 Å². The van der Waals surface area contributed by atoms with Gasteiger partial charge in [0.25, 0.3) is 0 Å². The monoisotopic (exact) mass is 474 g/mol. The third kappa shape index (κ3) is 4.24. The Hall–Kier alpha value is -3.48. The molecule has 4 atom stereocenters. The minimum Gasteiger partial charge on any atom is -0.426 e. The number of nitrogens with zero attached hydrogens (tertiary/aromatic N) is 2. The van der Waals surface area contributed by atoms with Crippen molar-refractivity contribution < 1.29 is 23.9 Å². The molecule has 0 radical (unpaired) electrons. The van der Waals surface area contributed by atoms with Gasteiger partial charge in [0.1, 0.15) is 5.75 Å². The van der Waals surface area contributed by atoms with Crippen molar-refractivity contribution in [1.29, 1.82) is 0 Å². The summed E-state index contributed by atoms with van der Waals surface area (Å²) in [7, 11) is 0. The van der Waals surface area contributed by atoms with Crippen LogP contribution in [-0.2, 0) is 19.2 Å². The second-order valence-electron chi connectivity index (χ2n) is 10.2. The number of carbonyl (C=O) groups is 4. The van der Waals surface area contributed by atoms with Gasteiger partial charge in [0.15, 0.2) is 0 Å². The number of amides is 3. The summed E-state index contributed by atoms with van der Waals surface area (Å²) in [6, 6.07) is 12.4. The molecule has 2 heterocycles. The van der Waals surface area contributed by atoms with E-state index in [1.54, 1.807) is 29.2 Å². The first-order valence-electron chi connectivity index (χ1n) is 12.3. The predicted octanol–water partition coefficient (Wildman–Crippen LogP) is 4.19. The molecule has 2 aromatic carbocycles. The lowest BCUT2D eigenvalue weighted by molar-refractivity contribution is -0.139. The molecule has 1 aliphatic carbocycles. The van der Waals surface area contributed by atoms with Crippen LogP contribution in [0.1, 0.15) is 43.7 Å². The van der Waals surface area contributed by atoms with E-state index < -0.39 is 11.9 Å². The Balaban J connectivity index is 1.29. The van der Waals surface area contributed by atoms with Crippen molar-refractivity contribution in [3.8, 4) is 5.75 Å². The van der Waals surface area contributed by atoms with Gasteiger partial charge in [0, 0.05) is 24.7 Å². The summed E-state index contributed by atoms with van der Waals surface area (Å²) in [6.07, 6.45) is 2.49. The Morgan fingerprint density at radius 2 is 1.69 bits per heavy atom. The van der Waals surface area contributed by atoms with Crippen molar-refractivity contribution in [2.75, 3.05) is 16.3 Å². The van der Waals surface area contributed by atoms with E-state index in [4.69, 9.17) is 4.74 Å². The summed E-state index contributed by atoms with van der Waals surface area (Å²) in [5.41, 5.74) is 3.42. The summed E-state index contributed by atoms with van der Waals surface area (Å²) < 4.78 is 5.61. The van der Waals surface area contributed by atoms with Gasteiger partial charge in [-0.2, -0.15) is 0 Å². The fraction of sp³-hybridized carbons (Fsp3) is 0.429. The molecule has 3 amide bonds. The molecule has 2 saturated heterocycles. The van der Waals surface area contributed by atoms with Crippen molar-refractivity contribution in [1.82, 2.24) is 0 Å². The van der Waals surface area contributed by atoms with Crippen LogP contribution in [0.2, 0.25) is 0 Å². The topological polar surface area (TPSA) is 84.0 Å². The number of aryl methyl sites for hydroxylation is 2. The Labute approximate surface area is 205 Å². The van der Waals surface area contributed by atoms with Crippen molar-refractivity contribution in [2.24, 2.45) is 23.7 Å². The van der Waals surface area contributed by atoms with Crippen LogP contribution in [0.15, 0.2) is 42.5 Å². The number of anilines is 2. The number of hydrogen-bond acceptors (Lipinski definition) is 5. The molecule has 182 valence electrons. The van der Waals surface area contributed by atoms with Gasteiger partial charge in [-0.1, -0.05) is 19.1 Å². The molecule has 5 rings (SSSR count). The zero-order chi connectivity index (χ0) is 24.9. The maximum absolute atomic E-state index is 13.0. The van der Waals surface area contributed by atoms with Crippen LogP contribution in [0.25, 0.3) is 0 Å². The first kappa shape index (κ1) is 23.3. The molecule has 2 aliphatic heterocycles. The van der Waals surface area contributed by atoms with E-state index in [0.717, 1.165) is 36.1 Å². The molecule has 7 nitrogen and oxygen atoms in total. The SMILES string of the molecule is Cc1ccc(N2C[C@H](C(=O)Oc3cccc(N4C(=O)[C@H]5C[C@@H](C)CC[C@H]5C4=O)c3)CC2=O)cc1C. The van der Waals surface area contributed by atoms with Crippen LogP contribution in [0.5, 0.6) is 5.75 Å². The van der Waals surface area contributed by atoms with E-state index in [2.05, 4.69) is 6.92 Å². The predicted molar refractivity (Wildman–Crippen MR) is 131 cm³/mol. The number of esters is 1. The van der Waals surface area contributed by atoms with Gasteiger partial charge in [-0.3, -0.25) is 19.2 Å². The average Bonchev–Trinajstić information content (AvgIpc) is 3.33. The lowest BCUT2D eigenvalue weighted by Gasteiger charge is -2.25. The molecule has 0 bridgehead atoms. The molecule has 0 unspecified atom stereocenters. The van der Waals surface area contributed by atoms with Crippen molar-refractivity contribution in [3.05, 3.63) is 53.6 Å². The molecule has 3 aliphatic rings. The Morgan fingerprint density at radius 1 is 0.914 bits per heavy atom. The van der Waals surface area contributed by atoms with Gasteiger partial charge in [-0.25, -0.2) is 4.90 Å². The minimum atomic E-state index is -0.591. The fourth-order valence-electron chi connectivity index (χ4n) is 5.54. The molecule has 1 saturated carbocycles. The largest absolute Gasteiger partial charge is 0.426 e. The lowest BCUT2D eigenvalue weighted by atomic mass is 9.76. The zero-order valence-corrected chi connectivity index (χ0v) is 20.3. The third-order valence-corrected chi connectivity index (χ3v) is 7.74. The number of imide groups is 1. The molecule has 2 aromatic rings. The molecule has 0 aromatic heterocycles. The first-order chi connectivity index (χ1) is 16.7. The van der Waals surface area contributed by atoms with Crippen molar-refractivity contribution in [2.45, 2.75) is 46.5 Å². The van der Waals surface area contributed by atoms with Crippen LogP contribution in [0, 0.1) is 37.5 Å². The van der Waals surface area contributed by atoms with Crippen LogP contribution in [0.3, 0.4) is 0 Å². The molecular formula is C28H30N2O5. The Morgan fingerprint density at radius 3 is 2.46 bits per heavy atom.